The minimum absolute atomic E-state index is 0.0857. The second kappa shape index (κ2) is 5.49. The van der Waals surface area contributed by atoms with Crippen LogP contribution >= 0.6 is 24.8 Å². The Balaban J connectivity index is 2.77. The molecule has 0 aliphatic heterocycles. The molecule has 0 aliphatic carbocycles. The fourth-order valence-corrected chi connectivity index (χ4v) is 1.66. The van der Waals surface area contributed by atoms with Crippen LogP contribution in [0.4, 0.5) is 0 Å². The number of hydrogen-bond donors (Lipinski definition) is 2. The quantitative estimate of drug-likeness (QED) is 0.627. The van der Waals surface area contributed by atoms with Gasteiger partial charge >= 0.3 is 0 Å². The maximum absolute atomic E-state index is 10.1. The van der Waals surface area contributed by atoms with Crippen LogP contribution in [-0.4, -0.2) is 27.4 Å². The predicted molar refractivity (Wildman–Crippen MR) is 70.2 cm³/mol. The highest BCUT2D eigenvalue weighted by Crippen LogP contribution is 2.20. The Labute approximate surface area is 101 Å². The highest BCUT2D eigenvalue weighted by molar-refractivity contribution is 8.10. The Hall–Kier alpha value is -0.580. The third-order valence-corrected chi connectivity index (χ3v) is 3.11. The molecule has 0 amide bonds. The van der Waals surface area contributed by atoms with Gasteiger partial charge < -0.3 is 10.0 Å². The summed E-state index contributed by atoms with van der Waals surface area (Å²) in [5.74, 6) is 0. The molecule has 15 heavy (non-hydrogen) atoms. The first-order valence-electron chi connectivity index (χ1n) is 4.72. The maximum atomic E-state index is 10.1. The summed E-state index contributed by atoms with van der Waals surface area (Å²) in [5, 5.41) is 10.1. The number of aliphatic hydroxyl groups excluding tert-OH is 1. The van der Waals surface area contributed by atoms with E-state index in [2.05, 4.69) is 12.6 Å². The van der Waals surface area contributed by atoms with E-state index in [-0.39, 0.29) is 6.04 Å². The van der Waals surface area contributed by atoms with E-state index >= 15 is 0 Å². The third kappa shape index (κ3) is 3.19. The van der Waals surface area contributed by atoms with Crippen LogP contribution in [0.3, 0.4) is 0 Å². The van der Waals surface area contributed by atoms with Crippen LogP contribution in [0.25, 0.3) is 0 Å². The fourth-order valence-electron chi connectivity index (χ4n) is 1.31. The van der Waals surface area contributed by atoms with E-state index in [1.54, 1.807) is 4.90 Å². The lowest BCUT2D eigenvalue weighted by Crippen LogP contribution is -2.35. The zero-order chi connectivity index (χ0) is 11.4. The average Bonchev–Trinajstić information content (AvgIpc) is 2.27. The summed E-state index contributed by atoms with van der Waals surface area (Å²) in [6.07, 6.45) is -0.554. The van der Waals surface area contributed by atoms with Gasteiger partial charge in [0.1, 0.15) is 4.32 Å². The molecule has 0 bridgehead atoms. The summed E-state index contributed by atoms with van der Waals surface area (Å²) in [5.41, 5.74) is 0.890. The number of likely N-dealkylation sites (N-methyl/N-ethyl adjacent to an activating group) is 1. The molecule has 2 nitrogen and oxygen atoms in total. The van der Waals surface area contributed by atoms with Gasteiger partial charge in [0.25, 0.3) is 0 Å². The maximum Gasteiger partial charge on any atom is 0.133 e. The number of rotatable bonds is 3. The van der Waals surface area contributed by atoms with Gasteiger partial charge in [0.05, 0.1) is 12.1 Å². The Kier molecular flexibility index (Phi) is 4.57. The lowest BCUT2D eigenvalue weighted by Gasteiger charge is -2.29. The summed E-state index contributed by atoms with van der Waals surface area (Å²) in [6, 6.07) is 9.45. The second-order valence-electron chi connectivity index (χ2n) is 3.49. The van der Waals surface area contributed by atoms with Crippen molar-refractivity contribution in [2.75, 3.05) is 7.05 Å². The van der Waals surface area contributed by atoms with Crippen molar-refractivity contribution in [3.05, 3.63) is 35.9 Å². The van der Waals surface area contributed by atoms with Gasteiger partial charge in [-0.05, 0) is 12.5 Å². The van der Waals surface area contributed by atoms with Gasteiger partial charge in [-0.3, -0.25) is 0 Å². The number of benzene rings is 1. The van der Waals surface area contributed by atoms with Gasteiger partial charge in [-0.25, -0.2) is 0 Å². The summed E-state index contributed by atoms with van der Waals surface area (Å²) < 4.78 is 0.484. The van der Waals surface area contributed by atoms with E-state index in [9.17, 15) is 5.11 Å². The normalized spacial score (nSPS) is 14.4. The van der Waals surface area contributed by atoms with Crippen LogP contribution in [0, 0.1) is 0 Å². The minimum Gasteiger partial charge on any atom is -0.386 e. The van der Waals surface area contributed by atoms with Crippen LogP contribution in [0.5, 0.6) is 0 Å². The Bertz CT molecular complexity index is 329. The highest BCUT2D eigenvalue weighted by atomic mass is 32.1. The van der Waals surface area contributed by atoms with Crippen molar-refractivity contribution >= 4 is 29.2 Å². The first-order chi connectivity index (χ1) is 7.04. The standard InChI is InChI=1S/C11H15NOS2/c1-8(12(2)11(14)15)10(13)9-6-4-3-5-7-9/h3-8,10,13H,1-2H3,(H,14,15)/t8-,10+/m0/s1. The van der Waals surface area contributed by atoms with Crippen molar-refractivity contribution in [1.82, 2.24) is 4.90 Å². The van der Waals surface area contributed by atoms with E-state index in [4.69, 9.17) is 12.2 Å². The van der Waals surface area contributed by atoms with Crippen molar-refractivity contribution in [1.29, 1.82) is 0 Å². The highest BCUT2D eigenvalue weighted by Gasteiger charge is 2.20. The molecule has 0 fully saturated rings. The minimum atomic E-state index is -0.554. The average molecular weight is 241 g/mol. The molecule has 1 N–H and O–H groups in total. The zero-order valence-corrected chi connectivity index (χ0v) is 10.5. The molecule has 0 saturated heterocycles. The van der Waals surface area contributed by atoms with E-state index in [1.165, 1.54) is 0 Å². The molecule has 4 heteroatoms. The van der Waals surface area contributed by atoms with Gasteiger partial charge in [-0.15, -0.1) is 12.6 Å². The van der Waals surface area contributed by atoms with Crippen LogP contribution in [-0.2, 0) is 0 Å². The molecule has 2 atom stereocenters. The molecule has 0 spiro atoms. The molecular weight excluding hydrogens is 226 g/mol. The number of hydrogen-bond acceptors (Lipinski definition) is 2. The van der Waals surface area contributed by atoms with Crippen LogP contribution in [0.2, 0.25) is 0 Å². The lowest BCUT2D eigenvalue weighted by molar-refractivity contribution is 0.106. The van der Waals surface area contributed by atoms with Gasteiger partial charge in [-0.1, -0.05) is 42.5 Å². The molecule has 1 rings (SSSR count). The molecule has 1 aromatic carbocycles. The van der Waals surface area contributed by atoms with E-state index in [0.717, 1.165) is 5.56 Å². The molecule has 0 heterocycles. The van der Waals surface area contributed by atoms with Crippen molar-refractivity contribution in [2.24, 2.45) is 0 Å². The lowest BCUT2D eigenvalue weighted by atomic mass is 10.0. The van der Waals surface area contributed by atoms with Gasteiger partial charge in [0, 0.05) is 7.05 Å². The van der Waals surface area contributed by atoms with Gasteiger partial charge in [-0.2, -0.15) is 0 Å². The topological polar surface area (TPSA) is 23.5 Å². The van der Waals surface area contributed by atoms with Gasteiger partial charge in [0.2, 0.25) is 0 Å². The van der Waals surface area contributed by atoms with Crippen LogP contribution < -0.4 is 0 Å². The molecule has 0 unspecified atom stereocenters. The van der Waals surface area contributed by atoms with Crippen molar-refractivity contribution in [3.63, 3.8) is 0 Å². The van der Waals surface area contributed by atoms with Gasteiger partial charge in [0.15, 0.2) is 0 Å². The Morgan fingerprint density at radius 2 is 1.93 bits per heavy atom. The predicted octanol–water partition coefficient (Wildman–Crippen LogP) is 2.26. The molecule has 0 radical (unpaired) electrons. The van der Waals surface area contributed by atoms with Crippen molar-refractivity contribution < 1.29 is 5.11 Å². The summed E-state index contributed by atoms with van der Waals surface area (Å²) in [6.45, 7) is 1.92. The molecule has 0 aliphatic rings. The molecule has 82 valence electrons. The number of thiocarbonyl (C=S) groups is 1. The van der Waals surface area contributed by atoms with Crippen LogP contribution in [0.15, 0.2) is 30.3 Å². The largest absolute Gasteiger partial charge is 0.386 e. The third-order valence-electron chi connectivity index (χ3n) is 2.51. The first kappa shape index (κ1) is 12.5. The summed E-state index contributed by atoms with van der Waals surface area (Å²) in [4.78, 5) is 1.77. The smallest absolute Gasteiger partial charge is 0.133 e. The molecule has 0 saturated carbocycles. The number of aliphatic hydroxyl groups is 1. The van der Waals surface area contributed by atoms with E-state index in [1.807, 2.05) is 44.3 Å². The molecule has 1 aromatic rings. The van der Waals surface area contributed by atoms with E-state index in [0.29, 0.717) is 4.32 Å². The summed E-state index contributed by atoms with van der Waals surface area (Å²) in [7, 11) is 1.83. The van der Waals surface area contributed by atoms with E-state index < -0.39 is 6.10 Å². The monoisotopic (exact) mass is 241 g/mol. The van der Waals surface area contributed by atoms with Crippen LogP contribution in [0.1, 0.15) is 18.6 Å². The number of nitrogens with zero attached hydrogens (tertiary/aromatic N) is 1. The fraction of sp³-hybridized carbons (Fsp3) is 0.364. The first-order valence-corrected chi connectivity index (χ1v) is 5.58. The Morgan fingerprint density at radius 3 is 2.40 bits per heavy atom. The van der Waals surface area contributed by atoms with Crippen molar-refractivity contribution in [2.45, 2.75) is 19.1 Å². The summed E-state index contributed by atoms with van der Waals surface area (Å²) >= 11 is 9.03. The SMILES string of the molecule is C[C@@H]([C@@H](O)c1ccccc1)N(C)C(=S)S. The molecule has 0 aromatic heterocycles. The second-order valence-corrected chi connectivity index (χ2v) is 4.60. The van der Waals surface area contributed by atoms with Crippen molar-refractivity contribution in [3.8, 4) is 0 Å². The number of thiol groups is 1. The molecular formula is C11H15NOS2. The zero-order valence-electron chi connectivity index (χ0n) is 8.79. The Morgan fingerprint density at radius 1 is 1.40 bits per heavy atom.